The SMILES string of the molecule is CC1=C(c2ccccc2)[C@H](c2ccccc2)CO1. The maximum Gasteiger partial charge on any atom is 0.0987 e. The maximum atomic E-state index is 5.77. The van der Waals surface area contributed by atoms with Crippen LogP contribution in [0.4, 0.5) is 0 Å². The van der Waals surface area contributed by atoms with Crippen molar-refractivity contribution in [1.29, 1.82) is 0 Å². The van der Waals surface area contributed by atoms with Crippen molar-refractivity contribution in [2.75, 3.05) is 6.61 Å². The van der Waals surface area contributed by atoms with Gasteiger partial charge in [-0.1, -0.05) is 60.7 Å². The second-order valence-corrected chi connectivity index (χ2v) is 4.61. The van der Waals surface area contributed by atoms with Crippen molar-refractivity contribution in [2.45, 2.75) is 12.8 Å². The van der Waals surface area contributed by atoms with Crippen LogP contribution in [0.15, 0.2) is 66.4 Å². The molecule has 2 aromatic carbocycles. The number of hydrogen-bond donors (Lipinski definition) is 0. The van der Waals surface area contributed by atoms with Crippen LogP contribution in [-0.2, 0) is 4.74 Å². The Bertz CT molecular complexity index is 555. The molecule has 1 aliphatic rings. The molecule has 0 amide bonds. The summed E-state index contributed by atoms with van der Waals surface area (Å²) in [6.07, 6.45) is 0. The molecule has 0 radical (unpaired) electrons. The Morgan fingerprint density at radius 3 is 2.17 bits per heavy atom. The second-order valence-electron chi connectivity index (χ2n) is 4.61. The van der Waals surface area contributed by atoms with Gasteiger partial charge in [-0.15, -0.1) is 0 Å². The van der Waals surface area contributed by atoms with Crippen LogP contribution in [0.1, 0.15) is 24.0 Å². The van der Waals surface area contributed by atoms with Gasteiger partial charge in [-0.3, -0.25) is 0 Å². The topological polar surface area (TPSA) is 9.23 Å². The molecule has 3 rings (SSSR count). The fourth-order valence-corrected chi connectivity index (χ4v) is 2.59. The Hall–Kier alpha value is -2.02. The van der Waals surface area contributed by atoms with Gasteiger partial charge in [-0.2, -0.15) is 0 Å². The van der Waals surface area contributed by atoms with Gasteiger partial charge in [-0.05, 0) is 18.1 Å². The van der Waals surface area contributed by atoms with Gasteiger partial charge in [0.2, 0.25) is 0 Å². The van der Waals surface area contributed by atoms with Crippen molar-refractivity contribution in [3.05, 3.63) is 77.5 Å². The van der Waals surface area contributed by atoms with Gasteiger partial charge >= 0.3 is 0 Å². The van der Waals surface area contributed by atoms with Gasteiger partial charge in [0.05, 0.1) is 12.4 Å². The Labute approximate surface area is 108 Å². The van der Waals surface area contributed by atoms with Gasteiger partial charge in [-0.25, -0.2) is 0 Å². The molecule has 2 aromatic rings. The Morgan fingerprint density at radius 1 is 0.889 bits per heavy atom. The molecular weight excluding hydrogens is 220 g/mol. The van der Waals surface area contributed by atoms with Crippen molar-refractivity contribution in [3.8, 4) is 0 Å². The largest absolute Gasteiger partial charge is 0.497 e. The summed E-state index contributed by atoms with van der Waals surface area (Å²) in [5, 5.41) is 0. The lowest BCUT2D eigenvalue weighted by molar-refractivity contribution is 0.237. The molecule has 0 aromatic heterocycles. The monoisotopic (exact) mass is 236 g/mol. The molecule has 0 N–H and O–H groups in total. The fraction of sp³-hybridized carbons (Fsp3) is 0.176. The molecule has 0 saturated heterocycles. The summed E-state index contributed by atoms with van der Waals surface area (Å²) in [6.45, 7) is 2.81. The van der Waals surface area contributed by atoms with Crippen molar-refractivity contribution in [1.82, 2.24) is 0 Å². The average Bonchev–Trinajstić information content (AvgIpc) is 2.83. The van der Waals surface area contributed by atoms with Gasteiger partial charge in [0.1, 0.15) is 0 Å². The minimum Gasteiger partial charge on any atom is -0.497 e. The second kappa shape index (κ2) is 4.69. The predicted molar refractivity (Wildman–Crippen MR) is 74.2 cm³/mol. The molecule has 1 nitrogen and oxygen atoms in total. The first-order valence-electron chi connectivity index (χ1n) is 6.30. The van der Waals surface area contributed by atoms with E-state index in [0.717, 1.165) is 12.4 Å². The lowest BCUT2D eigenvalue weighted by Crippen LogP contribution is -2.01. The van der Waals surface area contributed by atoms with Crippen LogP contribution in [0.3, 0.4) is 0 Å². The molecule has 0 spiro atoms. The molecule has 90 valence electrons. The van der Waals surface area contributed by atoms with Crippen LogP contribution in [-0.4, -0.2) is 6.61 Å². The smallest absolute Gasteiger partial charge is 0.0987 e. The van der Waals surface area contributed by atoms with Gasteiger partial charge in [0, 0.05) is 11.5 Å². The minimum absolute atomic E-state index is 0.355. The highest BCUT2D eigenvalue weighted by Crippen LogP contribution is 2.40. The van der Waals surface area contributed by atoms with E-state index in [9.17, 15) is 0 Å². The van der Waals surface area contributed by atoms with Gasteiger partial charge < -0.3 is 4.74 Å². The minimum atomic E-state index is 0.355. The lowest BCUT2D eigenvalue weighted by atomic mass is 9.88. The van der Waals surface area contributed by atoms with E-state index < -0.39 is 0 Å². The van der Waals surface area contributed by atoms with Crippen LogP contribution in [0.2, 0.25) is 0 Å². The summed E-state index contributed by atoms with van der Waals surface area (Å²) >= 11 is 0. The summed E-state index contributed by atoms with van der Waals surface area (Å²) in [5.41, 5.74) is 3.91. The van der Waals surface area contributed by atoms with E-state index >= 15 is 0 Å². The van der Waals surface area contributed by atoms with Crippen LogP contribution in [0.25, 0.3) is 5.57 Å². The maximum absolute atomic E-state index is 5.77. The van der Waals surface area contributed by atoms with Crippen LogP contribution in [0.5, 0.6) is 0 Å². The van der Waals surface area contributed by atoms with Crippen molar-refractivity contribution >= 4 is 5.57 Å². The molecule has 0 fully saturated rings. The quantitative estimate of drug-likeness (QED) is 0.758. The van der Waals surface area contributed by atoms with Gasteiger partial charge in [0.15, 0.2) is 0 Å². The summed E-state index contributed by atoms with van der Waals surface area (Å²) in [4.78, 5) is 0. The molecule has 0 unspecified atom stereocenters. The highest BCUT2D eigenvalue weighted by molar-refractivity contribution is 5.74. The molecule has 18 heavy (non-hydrogen) atoms. The number of allylic oxidation sites excluding steroid dienone is 1. The third-order valence-corrected chi connectivity index (χ3v) is 3.48. The molecule has 0 aliphatic carbocycles. The zero-order chi connectivity index (χ0) is 12.4. The average molecular weight is 236 g/mol. The summed E-state index contributed by atoms with van der Waals surface area (Å²) in [5.74, 6) is 1.41. The molecule has 0 bridgehead atoms. The molecule has 1 atom stereocenters. The highest BCUT2D eigenvalue weighted by Gasteiger charge is 2.27. The van der Waals surface area contributed by atoms with Crippen molar-refractivity contribution in [3.63, 3.8) is 0 Å². The van der Waals surface area contributed by atoms with E-state index in [4.69, 9.17) is 4.74 Å². The summed E-state index contributed by atoms with van der Waals surface area (Å²) in [7, 11) is 0. The lowest BCUT2D eigenvalue weighted by Gasteiger charge is -2.13. The third kappa shape index (κ3) is 1.92. The Balaban J connectivity index is 2.03. The standard InChI is InChI=1S/C17H16O/c1-13-17(15-10-6-3-7-11-15)16(12-18-13)14-8-4-2-5-9-14/h2-11,16H,12H2,1H3/t16-/m0/s1. The summed E-state index contributed by atoms with van der Waals surface area (Å²) < 4.78 is 5.77. The first kappa shape index (κ1) is 11.1. The normalized spacial score (nSPS) is 18.8. The van der Waals surface area contributed by atoms with E-state index in [-0.39, 0.29) is 0 Å². The number of rotatable bonds is 2. The van der Waals surface area contributed by atoms with Gasteiger partial charge in [0.25, 0.3) is 0 Å². The molecule has 0 saturated carbocycles. The molecule has 1 heteroatoms. The highest BCUT2D eigenvalue weighted by atomic mass is 16.5. The van der Waals surface area contributed by atoms with E-state index in [2.05, 4.69) is 61.5 Å². The van der Waals surface area contributed by atoms with Crippen LogP contribution < -0.4 is 0 Å². The number of benzene rings is 2. The van der Waals surface area contributed by atoms with E-state index in [0.29, 0.717) is 5.92 Å². The first-order valence-corrected chi connectivity index (χ1v) is 6.30. The van der Waals surface area contributed by atoms with E-state index in [1.165, 1.54) is 16.7 Å². The zero-order valence-electron chi connectivity index (χ0n) is 10.5. The van der Waals surface area contributed by atoms with Crippen LogP contribution in [0, 0.1) is 0 Å². The molecular formula is C17H16O. The Kier molecular flexibility index (Phi) is 2.89. The van der Waals surface area contributed by atoms with E-state index in [1.807, 2.05) is 6.07 Å². The number of ether oxygens (including phenoxy) is 1. The first-order chi connectivity index (χ1) is 8.86. The Morgan fingerprint density at radius 2 is 1.50 bits per heavy atom. The van der Waals surface area contributed by atoms with Crippen molar-refractivity contribution < 1.29 is 4.74 Å². The zero-order valence-corrected chi connectivity index (χ0v) is 10.5. The van der Waals surface area contributed by atoms with E-state index in [1.54, 1.807) is 0 Å². The van der Waals surface area contributed by atoms with Crippen molar-refractivity contribution in [2.24, 2.45) is 0 Å². The molecule has 1 heterocycles. The third-order valence-electron chi connectivity index (χ3n) is 3.48. The predicted octanol–water partition coefficient (Wildman–Crippen LogP) is 4.23. The summed E-state index contributed by atoms with van der Waals surface area (Å²) in [6, 6.07) is 21.1. The van der Waals surface area contributed by atoms with Crippen LogP contribution >= 0.6 is 0 Å². The number of hydrogen-bond acceptors (Lipinski definition) is 1. The fourth-order valence-electron chi connectivity index (χ4n) is 2.59. The molecule has 1 aliphatic heterocycles.